The van der Waals surface area contributed by atoms with Gasteiger partial charge in [0.2, 0.25) is 0 Å². The number of benzene rings is 1. The van der Waals surface area contributed by atoms with Crippen molar-refractivity contribution in [3.05, 3.63) is 29.0 Å². The third kappa shape index (κ3) is 1.90. The molecule has 1 aromatic heterocycles. The largest absolute Gasteiger partial charge is 0.342 e. The predicted molar refractivity (Wildman–Crippen MR) is 59.6 cm³/mol. The van der Waals surface area contributed by atoms with Crippen molar-refractivity contribution >= 4 is 22.6 Å². The van der Waals surface area contributed by atoms with Gasteiger partial charge in [-0.2, -0.15) is 0 Å². The van der Waals surface area contributed by atoms with Gasteiger partial charge in [-0.15, -0.1) is 0 Å². The molecule has 1 heterocycles. The number of hydrogen-bond donors (Lipinski definition) is 1. The van der Waals surface area contributed by atoms with Crippen LogP contribution >= 0.6 is 11.6 Å². The molecule has 2 rings (SSSR count). The van der Waals surface area contributed by atoms with E-state index in [4.69, 9.17) is 11.6 Å². The third-order valence-corrected chi connectivity index (χ3v) is 2.33. The molecule has 0 atom stereocenters. The molecule has 0 spiro atoms. The smallest absolute Gasteiger partial charge is 0.107 e. The lowest BCUT2D eigenvalue weighted by atomic mass is 10.1. The summed E-state index contributed by atoms with van der Waals surface area (Å²) in [6.45, 7) is 4.36. The van der Waals surface area contributed by atoms with Crippen LogP contribution in [0.2, 0.25) is 5.02 Å². The SMILES string of the molecule is CC(C)Cc1nc2ccc(Cl)cc2[nH]1. The second kappa shape index (κ2) is 3.62. The monoisotopic (exact) mass is 208 g/mol. The molecule has 1 aromatic carbocycles. The van der Waals surface area contributed by atoms with Crippen molar-refractivity contribution < 1.29 is 0 Å². The summed E-state index contributed by atoms with van der Waals surface area (Å²) in [6.07, 6.45) is 0.978. The van der Waals surface area contributed by atoms with Gasteiger partial charge in [-0.25, -0.2) is 4.98 Å². The fourth-order valence-corrected chi connectivity index (χ4v) is 1.69. The van der Waals surface area contributed by atoms with Crippen LogP contribution in [-0.2, 0) is 6.42 Å². The maximum absolute atomic E-state index is 5.89. The maximum atomic E-state index is 5.89. The molecule has 74 valence electrons. The summed E-state index contributed by atoms with van der Waals surface area (Å²) < 4.78 is 0. The number of halogens is 1. The van der Waals surface area contributed by atoms with Gasteiger partial charge in [0, 0.05) is 11.4 Å². The van der Waals surface area contributed by atoms with Gasteiger partial charge in [-0.05, 0) is 24.1 Å². The normalized spacial score (nSPS) is 11.4. The van der Waals surface area contributed by atoms with E-state index >= 15 is 0 Å². The molecule has 3 heteroatoms. The Bertz CT molecular complexity index is 445. The summed E-state index contributed by atoms with van der Waals surface area (Å²) in [5.41, 5.74) is 2.01. The molecule has 0 amide bonds. The van der Waals surface area contributed by atoms with Crippen LogP contribution in [0.25, 0.3) is 11.0 Å². The van der Waals surface area contributed by atoms with E-state index in [0.717, 1.165) is 28.3 Å². The highest BCUT2D eigenvalue weighted by molar-refractivity contribution is 6.31. The minimum atomic E-state index is 0.617. The number of aromatic nitrogens is 2. The lowest BCUT2D eigenvalue weighted by Gasteiger charge is -1.98. The van der Waals surface area contributed by atoms with Crippen molar-refractivity contribution in [2.75, 3.05) is 0 Å². The van der Waals surface area contributed by atoms with Crippen molar-refractivity contribution in [1.29, 1.82) is 0 Å². The summed E-state index contributed by atoms with van der Waals surface area (Å²) in [7, 11) is 0. The van der Waals surface area contributed by atoms with Crippen LogP contribution in [0.1, 0.15) is 19.7 Å². The molecule has 0 saturated carbocycles. The Morgan fingerprint density at radius 3 is 2.93 bits per heavy atom. The lowest BCUT2D eigenvalue weighted by molar-refractivity contribution is 0.627. The van der Waals surface area contributed by atoms with Crippen molar-refractivity contribution in [3.8, 4) is 0 Å². The first kappa shape index (κ1) is 9.53. The van der Waals surface area contributed by atoms with Gasteiger partial charge in [0.15, 0.2) is 0 Å². The van der Waals surface area contributed by atoms with Gasteiger partial charge in [-0.3, -0.25) is 0 Å². The van der Waals surface area contributed by atoms with Crippen molar-refractivity contribution in [2.45, 2.75) is 20.3 Å². The molecule has 0 fully saturated rings. The zero-order chi connectivity index (χ0) is 10.1. The average Bonchev–Trinajstić information content (AvgIpc) is 2.44. The van der Waals surface area contributed by atoms with Gasteiger partial charge in [0.25, 0.3) is 0 Å². The number of hydrogen-bond acceptors (Lipinski definition) is 1. The highest BCUT2D eigenvalue weighted by Gasteiger charge is 2.04. The zero-order valence-electron chi connectivity index (χ0n) is 8.34. The highest BCUT2D eigenvalue weighted by Crippen LogP contribution is 2.18. The summed E-state index contributed by atoms with van der Waals surface area (Å²) in [6, 6.07) is 5.72. The number of imidazole rings is 1. The van der Waals surface area contributed by atoms with E-state index in [0.29, 0.717) is 5.92 Å². The van der Waals surface area contributed by atoms with Gasteiger partial charge in [0.1, 0.15) is 5.82 Å². The standard InChI is InChI=1S/C11H13ClN2/c1-7(2)5-11-13-9-4-3-8(12)6-10(9)14-11/h3-4,6-7H,5H2,1-2H3,(H,13,14). The second-order valence-corrected chi connectivity index (χ2v) is 4.38. The van der Waals surface area contributed by atoms with Crippen molar-refractivity contribution in [2.24, 2.45) is 5.92 Å². The minimum absolute atomic E-state index is 0.617. The van der Waals surface area contributed by atoms with E-state index < -0.39 is 0 Å². The number of nitrogens with one attached hydrogen (secondary N) is 1. The fraction of sp³-hybridized carbons (Fsp3) is 0.364. The minimum Gasteiger partial charge on any atom is -0.342 e. The summed E-state index contributed by atoms with van der Waals surface area (Å²) in [5.74, 6) is 1.66. The topological polar surface area (TPSA) is 28.7 Å². The molecule has 2 aromatic rings. The Morgan fingerprint density at radius 1 is 1.43 bits per heavy atom. The first-order chi connectivity index (χ1) is 6.65. The third-order valence-electron chi connectivity index (χ3n) is 2.09. The van der Waals surface area contributed by atoms with E-state index in [1.807, 2.05) is 18.2 Å². The molecule has 0 unspecified atom stereocenters. The Hall–Kier alpha value is -1.02. The van der Waals surface area contributed by atoms with Crippen LogP contribution in [0.15, 0.2) is 18.2 Å². The van der Waals surface area contributed by atoms with E-state index in [2.05, 4.69) is 23.8 Å². The van der Waals surface area contributed by atoms with Gasteiger partial charge < -0.3 is 4.98 Å². The number of fused-ring (bicyclic) bond motifs is 1. The molecule has 0 aliphatic carbocycles. The molecular formula is C11H13ClN2. The zero-order valence-corrected chi connectivity index (χ0v) is 9.10. The number of rotatable bonds is 2. The molecular weight excluding hydrogens is 196 g/mol. The van der Waals surface area contributed by atoms with Crippen LogP contribution in [-0.4, -0.2) is 9.97 Å². The van der Waals surface area contributed by atoms with Gasteiger partial charge >= 0.3 is 0 Å². The van der Waals surface area contributed by atoms with Crippen molar-refractivity contribution in [3.63, 3.8) is 0 Å². The Balaban J connectivity index is 2.41. The average molecular weight is 209 g/mol. The molecule has 0 aliphatic rings. The van der Waals surface area contributed by atoms with Crippen LogP contribution in [0.4, 0.5) is 0 Å². The fourth-order valence-electron chi connectivity index (χ4n) is 1.52. The molecule has 0 aliphatic heterocycles. The number of aromatic amines is 1. The molecule has 14 heavy (non-hydrogen) atoms. The highest BCUT2D eigenvalue weighted by atomic mass is 35.5. The Morgan fingerprint density at radius 2 is 2.21 bits per heavy atom. The van der Waals surface area contributed by atoms with E-state index in [-0.39, 0.29) is 0 Å². The van der Waals surface area contributed by atoms with E-state index in [1.165, 1.54) is 0 Å². The van der Waals surface area contributed by atoms with E-state index in [1.54, 1.807) is 0 Å². The van der Waals surface area contributed by atoms with Crippen LogP contribution in [0.3, 0.4) is 0 Å². The maximum Gasteiger partial charge on any atom is 0.107 e. The predicted octanol–water partition coefficient (Wildman–Crippen LogP) is 3.41. The van der Waals surface area contributed by atoms with Gasteiger partial charge in [0.05, 0.1) is 11.0 Å². The molecule has 0 bridgehead atoms. The van der Waals surface area contributed by atoms with Gasteiger partial charge in [-0.1, -0.05) is 25.4 Å². The first-order valence-corrected chi connectivity index (χ1v) is 5.17. The lowest BCUT2D eigenvalue weighted by Crippen LogP contribution is -1.95. The molecule has 1 N–H and O–H groups in total. The molecule has 0 radical (unpaired) electrons. The first-order valence-electron chi connectivity index (χ1n) is 4.79. The van der Waals surface area contributed by atoms with Crippen LogP contribution in [0, 0.1) is 5.92 Å². The van der Waals surface area contributed by atoms with E-state index in [9.17, 15) is 0 Å². The number of nitrogens with zero attached hydrogens (tertiary/aromatic N) is 1. The van der Waals surface area contributed by atoms with Crippen molar-refractivity contribution in [1.82, 2.24) is 9.97 Å². The van der Waals surface area contributed by atoms with Crippen LogP contribution < -0.4 is 0 Å². The molecule has 0 saturated heterocycles. The Kier molecular flexibility index (Phi) is 2.46. The van der Waals surface area contributed by atoms with Crippen LogP contribution in [0.5, 0.6) is 0 Å². The summed E-state index contributed by atoms with van der Waals surface area (Å²) in [5, 5.41) is 0.747. The number of H-pyrrole nitrogens is 1. The Labute approximate surface area is 88.3 Å². The summed E-state index contributed by atoms with van der Waals surface area (Å²) in [4.78, 5) is 7.75. The molecule has 2 nitrogen and oxygen atoms in total. The summed E-state index contributed by atoms with van der Waals surface area (Å²) >= 11 is 5.89. The second-order valence-electron chi connectivity index (χ2n) is 3.94. The quantitative estimate of drug-likeness (QED) is 0.805.